The molecule has 4 nitrogen and oxygen atoms in total. The van der Waals surface area contributed by atoms with E-state index < -0.39 is 11.5 Å². The molecule has 2 N–H and O–H groups in total. The first-order chi connectivity index (χ1) is 11.5. The Morgan fingerprint density at radius 2 is 1.88 bits per heavy atom. The molecule has 126 valence electrons. The first kappa shape index (κ1) is 17.0. The fourth-order valence-corrected chi connectivity index (χ4v) is 3.60. The molecule has 0 spiro atoms. The number of halogens is 1. The van der Waals surface area contributed by atoms with Crippen molar-refractivity contribution in [2.24, 2.45) is 0 Å². The van der Waals surface area contributed by atoms with E-state index in [-0.39, 0.29) is 11.3 Å². The van der Waals surface area contributed by atoms with Crippen LogP contribution in [0.1, 0.15) is 37.3 Å². The average molecular weight is 390 g/mol. The monoisotopic (exact) mass is 389 g/mol. The van der Waals surface area contributed by atoms with E-state index >= 15 is 0 Å². The van der Waals surface area contributed by atoms with E-state index in [2.05, 4.69) is 22.9 Å². The first-order valence-corrected chi connectivity index (χ1v) is 8.92. The van der Waals surface area contributed by atoms with Gasteiger partial charge in [-0.25, -0.2) is 0 Å². The van der Waals surface area contributed by atoms with Crippen molar-refractivity contribution in [3.05, 3.63) is 58.1 Å². The van der Waals surface area contributed by atoms with Gasteiger partial charge in [0.1, 0.15) is 5.75 Å². The maximum atomic E-state index is 13.1. The van der Waals surface area contributed by atoms with Gasteiger partial charge in [-0.15, -0.1) is 0 Å². The zero-order valence-electron chi connectivity index (χ0n) is 13.5. The molecule has 1 heterocycles. The number of anilines is 1. The largest absolute Gasteiger partial charge is 0.507 e. The molecular formula is C19H20BrNO3. The van der Waals surface area contributed by atoms with Crippen molar-refractivity contribution in [3.63, 3.8) is 0 Å². The Labute approximate surface area is 149 Å². The molecule has 1 unspecified atom stereocenters. The number of carbonyl (C=O) groups excluding carboxylic acids is 1. The molecule has 1 amide bonds. The lowest BCUT2D eigenvalue weighted by atomic mass is 9.87. The smallest absolute Gasteiger partial charge is 0.268 e. The predicted octanol–water partition coefficient (Wildman–Crippen LogP) is 3.93. The molecule has 2 aromatic rings. The fraction of sp³-hybridized carbons (Fsp3) is 0.316. The molecule has 0 saturated heterocycles. The second-order valence-corrected chi connectivity index (χ2v) is 6.97. The SMILES string of the molecule is CCCCCN1C(=O)C(O)(c2ccc(Br)cc2O)c2ccccc21. The van der Waals surface area contributed by atoms with E-state index in [4.69, 9.17) is 0 Å². The van der Waals surface area contributed by atoms with Crippen LogP contribution in [-0.2, 0) is 10.4 Å². The molecule has 0 aliphatic carbocycles. The quantitative estimate of drug-likeness (QED) is 0.761. The molecule has 2 aromatic carbocycles. The van der Waals surface area contributed by atoms with E-state index in [1.54, 1.807) is 29.2 Å². The number of carbonyl (C=O) groups is 1. The second-order valence-electron chi connectivity index (χ2n) is 6.05. The summed E-state index contributed by atoms with van der Waals surface area (Å²) in [5.74, 6) is -0.511. The Hall–Kier alpha value is -1.85. The number of para-hydroxylation sites is 1. The Balaban J connectivity index is 2.09. The number of aromatic hydroxyl groups is 1. The van der Waals surface area contributed by atoms with E-state index in [1.165, 1.54) is 6.07 Å². The van der Waals surface area contributed by atoms with Gasteiger partial charge in [-0.3, -0.25) is 4.79 Å². The van der Waals surface area contributed by atoms with Crippen LogP contribution in [0.2, 0.25) is 0 Å². The molecule has 5 heteroatoms. The molecule has 0 radical (unpaired) electrons. The van der Waals surface area contributed by atoms with E-state index in [1.807, 2.05) is 12.1 Å². The maximum Gasteiger partial charge on any atom is 0.268 e. The summed E-state index contributed by atoms with van der Waals surface area (Å²) < 4.78 is 0.686. The van der Waals surface area contributed by atoms with Crippen LogP contribution in [0.15, 0.2) is 46.9 Å². The highest BCUT2D eigenvalue weighted by Gasteiger charge is 2.51. The zero-order chi connectivity index (χ0) is 17.3. The number of aliphatic hydroxyl groups is 1. The molecule has 24 heavy (non-hydrogen) atoms. The van der Waals surface area contributed by atoms with E-state index in [0.29, 0.717) is 22.3 Å². The molecule has 1 atom stereocenters. The number of hydrogen-bond donors (Lipinski definition) is 2. The van der Waals surface area contributed by atoms with E-state index in [0.717, 1.165) is 19.3 Å². The Bertz CT molecular complexity index is 777. The van der Waals surface area contributed by atoms with Crippen LogP contribution in [0.5, 0.6) is 5.75 Å². The lowest BCUT2D eigenvalue weighted by molar-refractivity contribution is -0.132. The summed E-state index contributed by atoms with van der Waals surface area (Å²) in [6.45, 7) is 2.67. The van der Waals surface area contributed by atoms with Gasteiger partial charge >= 0.3 is 0 Å². The van der Waals surface area contributed by atoms with Gasteiger partial charge in [0, 0.05) is 22.1 Å². The number of phenolic OH excluding ortho intramolecular Hbond substituents is 1. The summed E-state index contributed by atoms with van der Waals surface area (Å²) in [5, 5.41) is 21.6. The highest BCUT2D eigenvalue weighted by molar-refractivity contribution is 9.10. The molecule has 1 aliphatic rings. The number of rotatable bonds is 5. The van der Waals surface area contributed by atoms with Crippen LogP contribution in [0.3, 0.4) is 0 Å². The molecule has 0 fully saturated rings. The molecular weight excluding hydrogens is 370 g/mol. The van der Waals surface area contributed by atoms with Crippen LogP contribution >= 0.6 is 15.9 Å². The molecule has 0 aromatic heterocycles. The summed E-state index contributed by atoms with van der Waals surface area (Å²) in [6.07, 6.45) is 2.95. The lowest BCUT2D eigenvalue weighted by Gasteiger charge is -2.24. The van der Waals surface area contributed by atoms with Crippen molar-refractivity contribution in [2.75, 3.05) is 11.4 Å². The lowest BCUT2D eigenvalue weighted by Crippen LogP contribution is -2.41. The Morgan fingerprint density at radius 3 is 2.58 bits per heavy atom. The van der Waals surface area contributed by atoms with Gasteiger partial charge in [-0.2, -0.15) is 0 Å². The van der Waals surface area contributed by atoms with Crippen molar-refractivity contribution >= 4 is 27.5 Å². The first-order valence-electron chi connectivity index (χ1n) is 8.13. The summed E-state index contributed by atoms with van der Waals surface area (Å²) in [5.41, 5.74) is -0.415. The van der Waals surface area contributed by atoms with Crippen LogP contribution in [0.25, 0.3) is 0 Å². The van der Waals surface area contributed by atoms with Gasteiger partial charge in [0.05, 0.1) is 5.69 Å². The van der Waals surface area contributed by atoms with Crippen LogP contribution in [-0.4, -0.2) is 22.7 Å². The van der Waals surface area contributed by atoms with E-state index in [9.17, 15) is 15.0 Å². The van der Waals surface area contributed by atoms with Gasteiger partial charge < -0.3 is 15.1 Å². The average Bonchev–Trinajstić information content (AvgIpc) is 2.78. The normalized spacial score (nSPS) is 19.6. The summed E-state index contributed by atoms with van der Waals surface area (Å²) in [6, 6.07) is 12.0. The number of unbranched alkanes of at least 4 members (excludes halogenated alkanes) is 2. The van der Waals surface area contributed by atoms with Crippen LogP contribution in [0.4, 0.5) is 5.69 Å². The Kier molecular flexibility index (Phi) is 4.65. The summed E-state index contributed by atoms with van der Waals surface area (Å²) in [4.78, 5) is 14.7. The molecule has 1 aliphatic heterocycles. The standard InChI is InChI=1S/C19H20BrNO3/c1-2-3-6-11-21-16-8-5-4-7-14(16)19(24,18(21)23)15-10-9-13(20)12-17(15)22/h4-5,7-10,12,22,24H,2-3,6,11H2,1H3. The molecule has 0 bridgehead atoms. The van der Waals surface area contributed by atoms with Crippen LogP contribution < -0.4 is 4.90 Å². The highest BCUT2D eigenvalue weighted by Crippen LogP contribution is 2.47. The third kappa shape index (κ3) is 2.62. The molecule has 0 saturated carbocycles. The highest BCUT2D eigenvalue weighted by atomic mass is 79.9. The number of phenols is 1. The summed E-state index contributed by atoms with van der Waals surface area (Å²) >= 11 is 3.29. The number of amides is 1. The van der Waals surface area contributed by atoms with Crippen molar-refractivity contribution in [3.8, 4) is 5.75 Å². The van der Waals surface area contributed by atoms with Crippen LogP contribution in [0, 0.1) is 0 Å². The number of benzene rings is 2. The number of nitrogens with zero attached hydrogens (tertiary/aromatic N) is 1. The van der Waals surface area contributed by atoms with Crippen molar-refractivity contribution < 1.29 is 15.0 Å². The Morgan fingerprint density at radius 1 is 1.12 bits per heavy atom. The maximum absolute atomic E-state index is 13.1. The predicted molar refractivity (Wildman–Crippen MR) is 97.1 cm³/mol. The minimum absolute atomic E-state index is 0.106. The number of hydrogen-bond acceptors (Lipinski definition) is 3. The minimum atomic E-state index is -1.85. The zero-order valence-corrected chi connectivity index (χ0v) is 15.1. The van der Waals surface area contributed by atoms with Crippen molar-refractivity contribution in [2.45, 2.75) is 31.8 Å². The van der Waals surface area contributed by atoms with Gasteiger partial charge in [-0.1, -0.05) is 60.0 Å². The third-order valence-electron chi connectivity index (χ3n) is 4.47. The van der Waals surface area contributed by atoms with Gasteiger partial charge in [0.25, 0.3) is 5.91 Å². The number of fused-ring (bicyclic) bond motifs is 1. The minimum Gasteiger partial charge on any atom is -0.507 e. The second kappa shape index (κ2) is 6.57. The van der Waals surface area contributed by atoms with Crippen molar-refractivity contribution in [1.82, 2.24) is 0 Å². The van der Waals surface area contributed by atoms with Gasteiger partial charge in [-0.05, 0) is 24.6 Å². The topological polar surface area (TPSA) is 60.8 Å². The van der Waals surface area contributed by atoms with Gasteiger partial charge in [0.2, 0.25) is 0 Å². The summed E-state index contributed by atoms with van der Waals surface area (Å²) in [7, 11) is 0. The third-order valence-corrected chi connectivity index (χ3v) is 4.97. The molecule has 3 rings (SSSR count). The fourth-order valence-electron chi connectivity index (χ4n) is 3.25. The van der Waals surface area contributed by atoms with Gasteiger partial charge in [0.15, 0.2) is 5.60 Å². The van der Waals surface area contributed by atoms with Crippen molar-refractivity contribution in [1.29, 1.82) is 0 Å².